The number of carbonyl (C=O) groups excluding carboxylic acids is 1. The predicted octanol–water partition coefficient (Wildman–Crippen LogP) is 2.57. The van der Waals surface area contributed by atoms with Gasteiger partial charge in [0, 0.05) is 25.6 Å². The molecule has 0 bridgehead atoms. The Kier molecular flexibility index (Phi) is 5.39. The third kappa shape index (κ3) is 4.30. The zero-order valence-corrected chi connectivity index (χ0v) is 13.6. The Balaban J connectivity index is 1.81. The molecule has 0 spiro atoms. The second kappa shape index (κ2) is 7.07. The normalized spacial score (nSPS) is 20.0. The van der Waals surface area contributed by atoms with Gasteiger partial charge in [0.1, 0.15) is 5.76 Å². The van der Waals surface area contributed by atoms with Crippen LogP contribution in [0.5, 0.6) is 0 Å². The van der Waals surface area contributed by atoms with Gasteiger partial charge in [0.15, 0.2) is 11.6 Å². The summed E-state index contributed by atoms with van der Waals surface area (Å²) in [5.41, 5.74) is 0.422. The number of hydrogen-bond donors (Lipinski definition) is 1. The van der Waals surface area contributed by atoms with Crippen LogP contribution in [0.1, 0.15) is 61.7 Å². The summed E-state index contributed by atoms with van der Waals surface area (Å²) in [5.74, 6) is 2.06. The van der Waals surface area contributed by atoms with E-state index in [1.54, 1.807) is 6.92 Å². The largest absolute Gasteiger partial charge is 0.445 e. The number of piperidine rings is 1. The quantitative estimate of drug-likeness (QED) is 0.906. The van der Waals surface area contributed by atoms with Crippen LogP contribution < -0.4 is 5.32 Å². The van der Waals surface area contributed by atoms with E-state index in [0.717, 1.165) is 25.6 Å². The van der Waals surface area contributed by atoms with Crippen LogP contribution in [0.15, 0.2) is 4.42 Å². The zero-order valence-electron chi connectivity index (χ0n) is 13.6. The number of amides is 1. The van der Waals surface area contributed by atoms with E-state index in [2.05, 4.69) is 22.1 Å². The standard InChI is InChI=1S/C16H27N3O2/c1-11(2)16-18-14(13(4)21-16)15(20)17-7-9-19-8-5-6-12(3)10-19/h11-12H,5-10H2,1-4H3,(H,17,20)/t12-/m0/s1. The van der Waals surface area contributed by atoms with Gasteiger partial charge in [0.05, 0.1) is 0 Å². The third-order valence-corrected chi connectivity index (χ3v) is 3.98. The van der Waals surface area contributed by atoms with Crippen LogP contribution in [0.25, 0.3) is 0 Å². The van der Waals surface area contributed by atoms with Crippen LogP contribution in [-0.4, -0.2) is 42.0 Å². The lowest BCUT2D eigenvalue weighted by atomic mass is 10.0. The van der Waals surface area contributed by atoms with E-state index in [9.17, 15) is 4.79 Å². The van der Waals surface area contributed by atoms with E-state index in [4.69, 9.17) is 4.42 Å². The van der Waals surface area contributed by atoms with Gasteiger partial charge in [0.25, 0.3) is 5.91 Å². The lowest BCUT2D eigenvalue weighted by molar-refractivity contribution is 0.0938. The van der Waals surface area contributed by atoms with Crippen LogP contribution >= 0.6 is 0 Å². The SMILES string of the molecule is Cc1oc(C(C)C)nc1C(=O)NCCN1CCC[C@H](C)C1. The molecule has 0 radical (unpaired) electrons. The molecule has 2 rings (SSSR count). The Labute approximate surface area is 127 Å². The molecule has 2 heterocycles. The lowest BCUT2D eigenvalue weighted by Gasteiger charge is -2.30. The summed E-state index contributed by atoms with van der Waals surface area (Å²) in [6.45, 7) is 11.9. The summed E-state index contributed by atoms with van der Waals surface area (Å²) < 4.78 is 5.53. The average molecular weight is 293 g/mol. The Bertz CT molecular complexity index is 482. The Morgan fingerprint density at radius 1 is 1.52 bits per heavy atom. The van der Waals surface area contributed by atoms with Crippen molar-refractivity contribution in [3.8, 4) is 0 Å². The number of carbonyl (C=O) groups is 1. The van der Waals surface area contributed by atoms with Gasteiger partial charge in [-0.3, -0.25) is 4.79 Å². The molecular formula is C16H27N3O2. The summed E-state index contributed by atoms with van der Waals surface area (Å²) >= 11 is 0. The number of oxazole rings is 1. The number of aromatic nitrogens is 1. The number of likely N-dealkylation sites (tertiary alicyclic amines) is 1. The minimum atomic E-state index is -0.131. The van der Waals surface area contributed by atoms with E-state index in [1.807, 2.05) is 13.8 Å². The highest BCUT2D eigenvalue weighted by molar-refractivity contribution is 5.93. The highest BCUT2D eigenvalue weighted by Gasteiger charge is 2.19. The summed E-state index contributed by atoms with van der Waals surface area (Å²) in [6, 6.07) is 0. The first-order chi connectivity index (χ1) is 9.97. The van der Waals surface area contributed by atoms with Crippen LogP contribution in [0.3, 0.4) is 0 Å². The molecule has 5 heteroatoms. The molecule has 0 aliphatic carbocycles. The molecule has 118 valence electrons. The van der Waals surface area contributed by atoms with Gasteiger partial charge in [-0.1, -0.05) is 20.8 Å². The van der Waals surface area contributed by atoms with E-state index >= 15 is 0 Å². The van der Waals surface area contributed by atoms with Crippen LogP contribution in [0.4, 0.5) is 0 Å². The molecule has 1 aliphatic heterocycles. The van der Waals surface area contributed by atoms with E-state index in [1.165, 1.54) is 12.8 Å². The van der Waals surface area contributed by atoms with Crippen LogP contribution in [0, 0.1) is 12.8 Å². The molecule has 1 saturated heterocycles. The molecule has 1 atom stereocenters. The Hall–Kier alpha value is -1.36. The van der Waals surface area contributed by atoms with Gasteiger partial charge in [-0.25, -0.2) is 4.98 Å². The molecule has 1 aliphatic rings. The number of hydrogen-bond acceptors (Lipinski definition) is 4. The molecule has 21 heavy (non-hydrogen) atoms. The molecule has 0 aromatic carbocycles. The monoisotopic (exact) mass is 293 g/mol. The minimum Gasteiger partial charge on any atom is -0.445 e. The first kappa shape index (κ1) is 16.0. The lowest BCUT2D eigenvalue weighted by Crippen LogP contribution is -2.40. The fourth-order valence-electron chi connectivity index (χ4n) is 2.78. The maximum atomic E-state index is 12.2. The maximum Gasteiger partial charge on any atom is 0.273 e. The fourth-order valence-corrected chi connectivity index (χ4v) is 2.78. The second-order valence-corrected chi connectivity index (χ2v) is 6.42. The van der Waals surface area contributed by atoms with E-state index in [-0.39, 0.29) is 11.8 Å². The second-order valence-electron chi connectivity index (χ2n) is 6.42. The molecule has 1 amide bonds. The first-order valence-corrected chi connectivity index (χ1v) is 7.95. The summed E-state index contributed by atoms with van der Waals surface area (Å²) in [5, 5.41) is 2.95. The molecule has 0 saturated carbocycles. The van der Waals surface area contributed by atoms with Crippen molar-refractivity contribution in [2.75, 3.05) is 26.2 Å². The number of aryl methyl sites for hydroxylation is 1. The molecule has 5 nitrogen and oxygen atoms in total. The van der Waals surface area contributed by atoms with E-state index in [0.29, 0.717) is 23.9 Å². The van der Waals surface area contributed by atoms with Crippen molar-refractivity contribution in [2.24, 2.45) is 5.92 Å². The molecule has 1 N–H and O–H groups in total. The molecule has 0 unspecified atom stereocenters. The number of nitrogens with zero attached hydrogens (tertiary/aromatic N) is 2. The predicted molar refractivity (Wildman–Crippen MR) is 82.5 cm³/mol. The Morgan fingerprint density at radius 2 is 2.29 bits per heavy atom. The highest BCUT2D eigenvalue weighted by Crippen LogP contribution is 2.17. The van der Waals surface area contributed by atoms with Crippen molar-refractivity contribution in [3.05, 3.63) is 17.3 Å². The van der Waals surface area contributed by atoms with Gasteiger partial charge in [-0.15, -0.1) is 0 Å². The molecule has 1 aromatic rings. The highest BCUT2D eigenvalue weighted by atomic mass is 16.4. The molecular weight excluding hydrogens is 266 g/mol. The topological polar surface area (TPSA) is 58.4 Å². The van der Waals surface area contributed by atoms with Crippen molar-refractivity contribution >= 4 is 5.91 Å². The van der Waals surface area contributed by atoms with Crippen molar-refractivity contribution in [1.29, 1.82) is 0 Å². The average Bonchev–Trinajstić information content (AvgIpc) is 2.81. The number of rotatable bonds is 5. The van der Waals surface area contributed by atoms with Crippen LogP contribution in [0.2, 0.25) is 0 Å². The molecule has 1 aromatic heterocycles. The van der Waals surface area contributed by atoms with Gasteiger partial charge in [-0.05, 0) is 32.2 Å². The first-order valence-electron chi connectivity index (χ1n) is 7.95. The van der Waals surface area contributed by atoms with E-state index < -0.39 is 0 Å². The summed E-state index contributed by atoms with van der Waals surface area (Å²) in [6.07, 6.45) is 2.58. The smallest absolute Gasteiger partial charge is 0.273 e. The van der Waals surface area contributed by atoms with Gasteiger partial charge >= 0.3 is 0 Å². The van der Waals surface area contributed by atoms with Gasteiger partial charge in [-0.2, -0.15) is 0 Å². The summed E-state index contributed by atoms with van der Waals surface area (Å²) in [4.78, 5) is 18.9. The van der Waals surface area contributed by atoms with Gasteiger partial charge < -0.3 is 14.6 Å². The number of nitrogens with one attached hydrogen (secondary N) is 1. The van der Waals surface area contributed by atoms with Crippen molar-refractivity contribution < 1.29 is 9.21 Å². The zero-order chi connectivity index (χ0) is 15.4. The molecule has 1 fully saturated rings. The van der Waals surface area contributed by atoms with Crippen molar-refractivity contribution in [2.45, 2.75) is 46.5 Å². The Morgan fingerprint density at radius 3 is 2.90 bits per heavy atom. The van der Waals surface area contributed by atoms with Crippen LogP contribution in [-0.2, 0) is 0 Å². The fraction of sp³-hybridized carbons (Fsp3) is 0.750. The van der Waals surface area contributed by atoms with Gasteiger partial charge in [0.2, 0.25) is 0 Å². The third-order valence-electron chi connectivity index (χ3n) is 3.98. The van der Waals surface area contributed by atoms with Crippen molar-refractivity contribution in [3.63, 3.8) is 0 Å². The minimum absolute atomic E-state index is 0.131. The van der Waals surface area contributed by atoms with Crippen molar-refractivity contribution in [1.82, 2.24) is 15.2 Å². The summed E-state index contributed by atoms with van der Waals surface area (Å²) in [7, 11) is 0. The maximum absolute atomic E-state index is 12.2.